The van der Waals surface area contributed by atoms with Gasteiger partial charge in [0.15, 0.2) is 0 Å². The fourth-order valence-electron chi connectivity index (χ4n) is 2.05. The van der Waals surface area contributed by atoms with E-state index in [4.69, 9.17) is 5.73 Å². The van der Waals surface area contributed by atoms with E-state index in [1.54, 1.807) is 11.9 Å². The maximum absolute atomic E-state index is 11.5. The van der Waals surface area contributed by atoms with Gasteiger partial charge in [0.25, 0.3) is 0 Å². The first-order valence-electron chi connectivity index (χ1n) is 5.97. The van der Waals surface area contributed by atoms with Crippen LogP contribution in [0.5, 0.6) is 0 Å². The lowest BCUT2D eigenvalue weighted by Crippen LogP contribution is -2.25. The van der Waals surface area contributed by atoms with Crippen molar-refractivity contribution in [1.29, 1.82) is 0 Å². The first kappa shape index (κ1) is 12.6. The molecule has 18 heavy (non-hydrogen) atoms. The highest BCUT2D eigenvalue weighted by Crippen LogP contribution is 2.28. The molecule has 1 aromatic rings. The first-order valence-corrected chi connectivity index (χ1v) is 5.97. The Bertz CT molecular complexity index is 485. The topological polar surface area (TPSA) is 75.4 Å². The van der Waals surface area contributed by atoms with Crippen molar-refractivity contribution in [3.05, 3.63) is 29.3 Å². The number of anilines is 1. The first-order chi connectivity index (χ1) is 8.61. The Morgan fingerprint density at radius 3 is 3.00 bits per heavy atom. The Morgan fingerprint density at radius 1 is 1.50 bits per heavy atom. The Balaban J connectivity index is 2.03. The summed E-state index contributed by atoms with van der Waals surface area (Å²) in [6.07, 6.45) is 0.780. The predicted molar refractivity (Wildman–Crippen MR) is 69.1 cm³/mol. The van der Waals surface area contributed by atoms with Crippen LogP contribution in [0.3, 0.4) is 0 Å². The maximum Gasteiger partial charge on any atom is 0.231 e. The fourth-order valence-corrected chi connectivity index (χ4v) is 2.05. The van der Waals surface area contributed by atoms with Gasteiger partial charge in [-0.1, -0.05) is 12.1 Å². The molecule has 1 aliphatic rings. The van der Waals surface area contributed by atoms with Crippen molar-refractivity contribution < 1.29 is 9.59 Å². The van der Waals surface area contributed by atoms with Crippen LogP contribution in [0.25, 0.3) is 0 Å². The zero-order valence-electron chi connectivity index (χ0n) is 10.4. The maximum atomic E-state index is 11.5. The van der Waals surface area contributed by atoms with Gasteiger partial charge in [-0.15, -0.1) is 0 Å². The van der Waals surface area contributed by atoms with Crippen molar-refractivity contribution in [2.75, 3.05) is 18.5 Å². The number of carbonyl (C=O) groups excluding carboxylic acids is 2. The van der Waals surface area contributed by atoms with Gasteiger partial charge < -0.3 is 16.0 Å². The molecule has 1 aromatic carbocycles. The van der Waals surface area contributed by atoms with Crippen LogP contribution >= 0.6 is 0 Å². The van der Waals surface area contributed by atoms with E-state index in [0.717, 1.165) is 16.8 Å². The summed E-state index contributed by atoms with van der Waals surface area (Å²) in [5.41, 5.74) is 8.28. The second-order valence-electron chi connectivity index (χ2n) is 4.41. The minimum absolute atomic E-state index is 0.0498. The van der Waals surface area contributed by atoms with Crippen molar-refractivity contribution in [2.24, 2.45) is 5.73 Å². The number of nitrogens with one attached hydrogen (secondary N) is 1. The van der Waals surface area contributed by atoms with E-state index in [0.29, 0.717) is 25.9 Å². The third kappa shape index (κ3) is 2.51. The van der Waals surface area contributed by atoms with Crippen LogP contribution in [0.1, 0.15) is 17.5 Å². The van der Waals surface area contributed by atoms with Gasteiger partial charge in [-0.05, 0) is 17.2 Å². The molecule has 1 heterocycles. The molecule has 0 fully saturated rings. The van der Waals surface area contributed by atoms with Gasteiger partial charge in [0.2, 0.25) is 11.8 Å². The quantitative estimate of drug-likeness (QED) is 0.796. The number of nitrogens with two attached hydrogens (primary N) is 1. The lowest BCUT2D eigenvalue weighted by Gasteiger charge is -2.11. The summed E-state index contributed by atoms with van der Waals surface area (Å²) < 4.78 is 0. The summed E-state index contributed by atoms with van der Waals surface area (Å²) in [6, 6.07) is 5.82. The molecule has 0 bridgehead atoms. The summed E-state index contributed by atoms with van der Waals surface area (Å²) in [5, 5.41) is 2.80. The van der Waals surface area contributed by atoms with Crippen LogP contribution in [0, 0.1) is 0 Å². The second-order valence-corrected chi connectivity index (χ2v) is 4.41. The SMILES string of the molecule is CN1C(=O)Cc2cc(CNC(=O)CCN)ccc21. The molecule has 5 heteroatoms. The van der Waals surface area contributed by atoms with Crippen molar-refractivity contribution in [3.63, 3.8) is 0 Å². The molecule has 5 nitrogen and oxygen atoms in total. The number of rotatable bonds is 4. The minimum atomic E-state index is -0.0498. The molecular formula is C13H17N3O2. The Hall–Kier alpha value is -1.88. The highest BCUT2D eigenvalue weighted by molar-refractivity contribution is 6.00. The van der Waals surface area contributed by atoms with Crippen LogP contribution in [-0.2, 0) is 22.6 Å². The van der Waals surface area contributed by atoms with Crippen LogP contribution in [-0.4, -0.2) is 25.4 Å². The van der Waals surface area contributed by atoms with E-state index in [2.05, 4.69) is 5.32 Å². The Morgan fingerprint density at radius 2 is 2.28 bits per heavy atom. The zero-order valence-corrected chi connectivity index (χ0v) is 10.4. The van der Waals surface area contributed by atoms with Crippen LogP contribution in [0.2, 0.25) is 0 Å². The summed E-state index contributed by atoms with van der Waals surface area (Å²) in [6.45, 7) is 0.833. The summed E-state index contributed by atoms with van der Waals surface area (Å²) in [7, 11) is 1.77. The number of carbonyl (C=O) groups is 2. The van der Waals surface area contributed by atoms with Crippen LogP contribution in [0.15, 0.2) is 18.2 Å². The normalized spacial score (nSPS) is 13.7. The lowest BCUT2D eigenvalue weighted by atomic mass is 10.1. The number of amides is 2. The highest BCUT2D eigenvalue weighted by atomic mass is 16.2. The van der Waals surface area contributed by atoms with Gasteiger partial charge in [0.05, 0.1) is 6.42 Å². The van der Waals surface area contributed by atoms with Gasteiger partial charge in [0, 0.05) is 32.2 Å². The number of likely N-dealkylation sites (N-methyl/N-ethyl adjacent to an activating group) is 1. The average molecular weight is 247 g/mol. The molecule has 1 aliphatic heterocycles. The van der Waals surface area contributed by atoms with E-state index in [1.807, 2.05) is 18.2 Å². The van der Waals surface area contributed by atoms with Crippen molar-refractivity contribution >= 4 is 17.5 Å². The van der Waals surface area contributed by atoms with E-state index in [1.165, 1.54) is 0 Å². The molecule has 0 saturated carbocycles. The van der Waals surface area contributed by atoms with E-state index >= 15 is 0 Å². The van der Waals surface area contributed by atoms with Crippen LogP contribution in [0.4, 0.5) is 5.69 Å². The molecule has 0 aliphatic carbocycles. The van der Waals surface area contributed by atoms with Gasteiger partial charge >= 0.3 is 0 Å². The van der Waals surface area contributed by atoms with Gasteiger partial charge in [-0.25, -0.2) is 0 Å². The van der Waals surface area contributed by atoms with E-state index < -0.39 is 0 Å². The standard InChI is InChI=1S/C13H17N3O2/c1-16-11-3-2-9(6-10(11)7-13(16)18)8-15-12(17)4-5-14/h2-3,6H,4-5,7-8,14H2,1H3,(H,15,17). The molecule has 0 aromatic heterocycles. The highest BCUT2D eigenvalue weighted by Gasteiger charge is 2.23. The van der Waals surface area contributed by atoms with Gasteiger partial charge in [-0.2, -0.15) is 0 Å². The summed E-state index contributed by atoms with van der Waals surface area (Å²) in [5.74, 6) is 0.0560. The summed E-state index contributed by atoms with van der Waals surface area (Å²) in [4.78, 5) is 24.5. The van der Waals surface area contributed by atoms with Crippen molar-refractivity contribution in [2.45, 2.75) is 19.4 Å². The van der Waals surface area contributed by atoms with Crippen molar-refractivity contribution in [1.82, 2.24) is 5.32 Å². The number of fused-ring (bicyclic) bond motifs is 1. The molecule has 3 N–H and O–H groups in total. The summed E-state index contributed by atoms with van der Waals surface area (Å²) >= 11 is 0. The Labute approximate surface area is 106 Å². The number of hydrogen-bond donors (Lipinski definition) is 2. The largest absolute Gasteiger partial charge is 0.352 e. The van der Waals surface area contributed by atoms with Crippen LogP contribution < -0.4 is 16.0 Å². The molecular weight excluding hydrogens is 230 g/mol. The van der Waals surface area contributed by atoms with Gasteiger partial charge in [0.1, 0.15) is 0 Å². The number of hydrogen-bond acceptors (Lipinski definition) is 3. The smallest absolute Gasteiger partial charge is 0.231 e. The van der Waals surface area contributed by atoms with E-state index in [-0.39, 0.29) is 11.8 Å². The fraction of sp³-hybridized carbons (Fsp3) is 0.385. The van der Waals surface area contributed by atoms with Gasteiger partial charge in [-0.3, -0.25) is 9.59 Å². The Kier molecular flexibility index (Phi) is 3.62. The average Bonchev–Trinajstić information content (AvgIpc) is 2.63. The minimum Gasteiger partial charge on any atom is -0.352 e. The zero-order chi connectivity index (χ0) is 13.1. The third-order valence-corrected chi connectivity index (χ3v) is 3.08. The molecule has 2 amide bonds. The number of benzene rings is 1. The van der Waals surface area contributed by atoms with E-state index in [9.17, 15) is 9.59 Å². The molecule has 0 radical (unpaired) electrons. The molecule has 2 rings (SSSR count). The molecule has 0 atom stereocenters. The third-order valence-electron chi connectivity index (χ3n) is 3.08. The number of nitrogens with zero attached hydrogens (tertiary/aromatic N) is 1. The van der Waals surface area contributed by atoms with Crippen molar-refractivity contribution in [3.8, 4) is 0 Å². The monoisotopic (exact) mass is 247 g/mol. The molecule has 0 saturated heterocycles. The predicted octanol–water partition coefficient (Wildman–Crippen LogP) is 0.171. The molecule has 0 unspecified atom stereocenters. The lowest BCUT2D eigenvalue weighted by molar-refractivity contribution is -0.121. The second kappa shape index (κ2) is 5.18. The molecule has 96 valence electrons. The molecule has 0 spiro atoms.